The Bertz CT molecular complexity index is 1160. The van der Waals surface area contributed by atoms with E-state index in [-0.39, 0.29) is 18.4 Å². The highest BCUT2D eigenvalue weighted by molar-refractivity contribution is 5.88. The molecule has 0 saturated heterocycles. The number of amides is 2. The van der Waals surface area contributed by atoms with Gasteiger partial charge in [-0.25, -0.2) is 0 Å². The van der Waals surface area contributed by atoms with Crippen molar-refractivity contribution in [3.05, 3.63) is 101 Å². The second-order valence-electron chi connectivity index (χ2n) is 9.89. The molecular weight excluding hydrogens is 448 g/mol. The summed E-state index contributed by atoms with van der Waals surface area (Å²) in [5.74, 6) is 0.571. The SMILES string of the molecule is Cc1cccc(CN(C(=O)COc2ccc(C)c(C)c2)[C@@H](Cc2ccccc2)C(=O)NCC(C)C)c1. The van der Waals surface area contributed by atoms with E-state index in [4.69, 9.17) is 4.74 Å². The highest BCUT2D eigenvalue weighted by atomic mass is 16.5. The first-order valence-electron chi connectivity index (χ1n) is 12.6. The van der Waals surface area contributed by atoms with E-state index in [9.17, 15) is 9.59 Å². The summed E-state index contributed by atoms with van der Waals surface area (Å²) in [6.07, 6.45) is 0.423. The number of hydrogen-bond acceptors (Lipinski definition) is 3. The van der Waals surface area contributed by atoms with Gasteiger partial charge in [-0.05, 0) is 61.1 Å². The summed E-state index contributed by atoms with van der Waals surface area (Å²) in [4.78, 5) is 28.8. The third-order valence-corrected chi connectivity index (χ3v) is 6.23. The molecule has 3 aromatic carbocycles. The molecule has 0 aliphatic carbocycles. The number of nitrogens with zero attached hydrogens (tertiary/aromatic N) is 1. The zero-order valence-electron chi connectivity index (χ0n) is 22.1. The molecule has 3 aromatic rings. The van der Waals surface area contributed by atoms with Crippen LogP contribution in [-0.4, -0.2) is 35.9 Å². The van der Waals surface area contributed by atoms with Crippen molar-refractivity contribution in [2.75, 3.05) is 13.2 Å². The molecule has 36 heavy (non-hydrogen) atoms. The van der Waals surface area contributed by atoms with Crippen LogP contribution in [0, 0.1) is 26.7 Å². The van der Waals surface area contributed by atoms with Crippen molar-refractivity contribution in [3.63, 3.8) is 0 Å². The molecule has 0 aromatic heterocycles. The fourth-order valence-corrected chi connectivity index (χ4v) is 4.02. The van der Waals surface area contributed by atoms with Gasteiger partial charge in [-0.3, -0.25) is 9.59 Å². The second kappa shape index (κ2) is 12.9. The van der Waals surface area contributed by atoms with E-state index >= 15 is 0 Å². The molecule has 1 atom stereocenters. The summed E-state index contributed by atoms with van der Waals surface area (Å²) in [6, 6.07) is 23.0. The molecule has 190 valence electrons. The summed E-state index contributed by atoms with van der Waals surface area (Å²) in [5.41, 5.74) is 5.35. The summed E-state index contributed by atoms with van der Waals surface area (Å²) >= 11 is 0. The Balaban J connectivity index is 1.90. The van der Waals surface area contributed by atoms with E-state index in [0.29, 0.717) is 31.2 Å². The third kappa shape index (κ3) is 7.98. The van der Waals surface area contributed by atoms with E-state index in [0.717, 1.165) is 22.3 Å². The monoisotopic (exact) mass is 486 g/mol. The molecule has 0 radical (unpaired) electrons. The van der Waals surface area contributed by atoms with Gasteiger partial charge >= 0.3 is 0 Å². The molecule has 1 N–H and O–H groups in total. The van der Waals surface area contributed by atoms with Gasteiger partial charge in [0.2, 0.25) is 5.91 Å². The average Bonchev–Trinajstić information content (AvgIpc) is 2.86. The lowest BCUT2D eigenvalue weighted by atomic mass is 10.0. The molecule has 0 bridgehead atoms. The van der Waals surface area contributed by atoms with Gasteiger partial charge in [0.05, 0.1) is 0 Å². The standard InChI is InChI=1S/C31H38N2O3/c1-22(2)19-32-31(35)29(18-26-11-7-6-8-12-26)33(20-27-13-9-10-23(3)16-27)30(34)21-36-28-15-14-24(4)25(5)17-28/h6-17,22,29H,18-21H2,1-5H3,(H,32,35)/t29-/m0/s1. The molecule has 0 spiro atoms. The van der Waals surface area contributed by atoms with Crippen molar-refractivity contribution < 1.29 is 14.3 Å². The van der Waals surface area contributed by atoms with E-state index in [1.54, 1.807) is 4.90 Å². The maximum absolute atomic E-state index is 13.7. The molecule has 0 heterocycles. The predicted octanol–water partition coefficient (Wildman–Crippen LogP) is 5.40. The van der Waals surface area contributed by atoms with Crippen LogP contribution in [0.25, 0.3) is 0 Å². The number of benzene rings is 3. The Morgan fingerprint density at radius 1 is 0.861 bits per heavy atom. The van der Waals surface area contributed by atoms with Crippen molar-refractivity contribution in [2.45, 2.75) is 53.6 Å². The number of ether oxygens (including phenoxy) is 1. The number of aryl methyl sites for hydroxylation is 3. The second-order valence-corrected chi connectivity index (χ2v) is 9.89. The lowest BCUT2D eigenvalue weighted by Gasteiger charge is -2.32. The highest BCUT2D eigenvalue weighted by Gasteiger charge is 2.30. The normalized spacial score (nSPS) is 11.7. The Kier molecular flexibility index (Phi) is 9.69. The van der Waals surface area contributed by atoms with Crippen molar-refractivity contribution in [1.29, 1.82) is 0 Å². The fraction of sp³-hybridized carbons (Fsp3) is 0.355. The molecule has 0 aliphatic heterocycles. The fourth-order valence-electron chi connectivity index (χ4n) is 4.02. The molecule has 0 saturated carbocycles. The Hall–Kier alpha value is -3.60. The van der Waals surface area contributed by atoms with Crippen LogP contribution in [0.5, 0.6) is 5.75 Å². The van der Waals surface area contributed by atoms with Crippen LogP contribution in [0.1, 0.15) is 41.7 Å². The molecular formula is C31H38N2O3. The van der Waals surface area contributed by atoms with Gasteiger partial charge in [-0.15, -0.1) is 0 Å². The molecule has 5 nitrogen and oxygen atoms in total. The molecule has 0 aliphatic rings. The van der Waals surface area contributed by atoms with E-state index in [1.807, 2.05) is 87.5 Å². The Morgan fingerprint density at radius 3 is 2.25 bits per heavy atom. The summed E-state index contributed by atoms with van der Waals surface area (Å²) < 4.78 is 5.90. The zero-order chi connectivity index (χ0) is 26.1. The number of rotatable bonds is 11. The van der Waals surface area contributed by atoms with Crippen molar-refractivity contribution in [1.82, 2.24) is 10.2 Å². The zero-order valence-corrected chi connectivity index (χ0v) is 22.1. The number of carbonyl (C=O) groups excluding carboxylic acids is 2. The van der Waals surface area contributed by atoms with Crippen LogP contribution in [0.15, 0.2) is 72.8 Å². The van der Waals surface area contributed by atoms with Crippen LogP contribution in [0.2, 0.25) is 0 Å². The van der Waals surface area contributed by atoms with Crippen LogP contribution in [0.4, 0.5) is 0 Å². The van der Waals surface area contributed by atoms with Gasteiger partial charge in [0, 0.05) is 19.5 Å². The van der Waals surface area contributed by atoms with Crippen molar-refractivity contribution in [2.24, 2.45) is 5.92 Å². The smallest absolute Gasteiger partial charge is 0.261 e. The number of carbonyl (C=O) groups is 2. The van der Waals surface area contributed by atoms with Gasteiger partial charge in [0.1, 0.15) is 11.8 Å². The van der Waals surface area contributed by atoms with E-state index in [2.05, 4.69) is 25.2 Å². The topological polar surface area (TPSA) is 58.6 Å². The predicted molar refractivity (Wildman–Crippen MR) is 145 cm³/mol. The lowest BCUT2D eigenvalue weighted by Crippen LogP contribution is -2.52. The largest absolute Gasteiger partial charge is 0.484 e. The van der Waals surface area contributed by atoms with Crippen molar-refractivity contribution in [3.8, 4) is 5.75 Å². The minimum Gasteiger partial charge on any atom is -0.484 e. The molecule has 0 unspecified atom stereocenters. The van der Waals surface area contributed by atoms with E-state index in [1.165, 1.54) is 5.56 Å². The van der Waals surface area contributed by atoms with Gasteiger partial charge in [-0.1, -0.05) is 80.1 Å². The highest BCUT2D eigenvalue weighted by Crippen LogP contribution is 2.19. The Labute approximate surface area is 215 Å². The van der Waals surface area contributed by atoms with Crippen LogP contribution >= 0.6 is 0 Å². The van der Waals surface area contributed by atoms with E-state index < -0.39 is 6.04 Å². The maximum atomic E-state index is 13.7. The summed E-state index contributed by atoms with van der Waals surface area (Å²) in [5, 5.41) is 3.05. The molecule has 2 amide bonds. The van der Waals surface area contributed by atoms with Gasteiger partial charge in [-0.2, -0.15) is 0 Å². The van der Waals surface area contributed by atoms with Gasteiger partial charge in [0.25, 0.3) is 5.91 Å². The quantitative estimate of drug-likeness (QED) is 0.395. The molecule has 3 rings (SSSR count). The third-order valence-electron chi connectivity index (χ3n) is 6.23. The first kappa shape index (κ1) is 27.0. The Morgan fingerprint density at radius 2 is 1.58 bits per heavy atom. The van der Waals surface area contributed by atoms with Gasteiger partial charge in [0.15, 0.2) is 6.61 Å². The van der Waals surface area contributed by atoms with Crippen LogP contribution in [-0.2, 0) is 22.6 Å². The maximum Gasteiger partial charge on any atom is 0.261 e. The lowest BCUT2D eigenvalue weighted by molar-refractivity contribution is -0.142. The van der Waals surface area contributed by atoms with Crippen LogP contribution in [0.3, 0.4) is 0 Å². The minimum atomic E-state index is -0.664. The first-order valence-corrected chi connectivity index (χ1v) is 12.6. The minimum absolute atomic E-state index is 0.142. The first-order chi connectivity index (χ1) is 17.2. The average molecular weight is 487 g/mol. The van der Waals surface area contributed by atoms with Crippen LogP contribution < -0.4 is 10.1 Å². The van der Waals surface area contributed by atoms with Crippen molar-refractivity contribution >= 4 is 11.8 Å². The number of nitrogens with one attached hydrogen (secondary N) is 1. The summed E-state index contributed by atoms with van der Waals surface area (Å²) in [6.45, 7) is 10.9. The van der Waals surface area contributed by atoms with Gasteiger partial charge < -0.3 is 15.0 Å². The number of hydrogen-bond donors (Lipinski definition) is 1. The molecule has 5 heteroatoms. The summed E-state index contributed by atoms with van der Waals surface area (Å²) in [7, 11) is 0. The molecule has 0 fully saturated rings.